The first-order valence-electron chi connectivity index (χ1n) is 7.55. The second-order valence-corrected chi connectivity index (χ2v) is 6.95. The number of halogens is 2. The summed E-state index contributed by atoms with van der Waals surface area (Å²) < 4.78 is 19.6. The van der Waals surface area contributed by atoms with E-state index in [2.05, 4.69) is 21.2 Å². The van der Waals surface area contributed by atoms with Crippen molar-refractivity contribution >= 4 is 45.3 Å². The Balaban J connectivity index is 2.95. The summed E-state index contributed by atoms with van der Waals surface area (Å²) in [7, 11) is 0. The van der Waals surface area contributed by atoms with Crippen LogP contribution in [-0.4, -0.2) is 23.7 Å². The first-order chi connectivity index (χ1) is 10.9. The Bertz CT molecular complexity index is 569. The molecule has 1 amide bonds. The summed E-state index contributed by atoms with van der Waals surface area (Å²) in [5, 5.41) is 2.14. The van der Waals surface area contributed by atoms with Crippen molar-refractivity contribution in [1.82, 2.24) is 0 Å². The number of hydrogen-bond donors (Lipinski definition) is 1. The molecule has 1 unspecified atom stereocenters. The number of rotatable bonds is 8. The van der Waals surface area contributed by atoms with Gasteiger partial charge in [0.2, 0.25) is 5.91 Å². The average Bonchev–Trinajstić information content (AvgIpc) is 2.53. The molecule has 0 aliphatic heterocycles. The van der Waals surface area contributed by atoms with Gasteiger partial charge in [-0.15, -0.1) is 11.8 Å². The van der Waals surface area contributed by atoms with Gasteiger partial charge in [-0.05, 0) is 40.9 Å². The Hall–Kier alpha value is -1.08. The number of nitrogens with one attached hydrogen (secondary N) is 1. The molecule has 1 aromatic carbocycles. The number of amides is 1. The lowest BCUT2D eigenvalue weighted by atomic mass is 10.3. The fraction of sp³-hybridized carbons (Fsp3) is 0.500. The van der Waals surface area contributed by atoms with Crippen molar-refractivity contribution in [1.29, 1.82) is 0 Å². The molecule has 1 aromatic rings. The van der Waals surface area contributed by atoms with Crippen LogP contribution in [0, 0.1) is 5.82 Å². The number of hydrogen-bond acceptors (Lipinski definition) is 4. The molecule has 0 heterocycles. The minimum Gasteiger partial charge on any atom is -0.465 e. The topological polar surface area (TPSA) is 55.4 Å². The van der Waals surface area contributed by atoms with Crippen molar-refractivity contribution in [2.24, 2.45) is 0 Å². The average molecular weight is 406 g/mol. The molecule has 23 heavy (non-hydrogen) atoms. The largest absolute Gasteiger partial charge is 0.465 e. The predicted octanol–water partition coefficient (Wildman–Crippen LogP) is 4.76. The molecular weight excluding hydrogens is 385 g/mol. The summed E-state index contributed by atoms with van der Waals surface area (Å²) in [4.78, 5) is 24.2. The van der Waals surface area contributed by atoms with Crippen LogP contribution in [0.15, 0.2) is 21.5 Å². The second kappa shape index (κ2) is 9.93. The molecule has 1 N–H and O–H groups in total. The molecule has 0 aliphatic rings. The molecule has 0 fully saturated rings. The fourth-order valence-electron chi connectivity index (χ4n) is 1.70. The minimum absolute atomic E-state index is 0.110. The fourth-order valence-corrected chi connectivity index (χ4v) is 3.29. The number of anilines is 1. The van der Waals surface area contributed by atoms with Gasteiger partial charge in [0.05, 0.1) is 12.3 Å². The molecule has 7 heteroatoms. The van der Waals surface area contributed by atoms with Gasteiger partial charge >= 0.3 is 5.97 Å². The quantitative estimate of drug-likeness (QED) is 0.500. The second-order valence-electron chi connectivity index (χ2n) is 4.85. The van der Waals surface area contributed by atoms with E-state index in [0.717, 1.165) is 6.42 Å². The van der Waals surface area contributed by atoms with Crippen LogP contribution in [0.3, 0.4) is 0 Å². The molecule has 0 aromatic heterocycles. The van der Waals surface area contributed by atoms with Crippen LogP contribution in [0.2, 0.25) is 0 Å². The SMILES string of the molecule is CCCOC(=O)C(CC)Sc1cc(NC(=O)CC)c(F)cc1Br. The summed E-state index contributed by atoms with van der Waals surface area (Å²) in [6.45, 7) is 5.90. The highest BCUT2D eigenvalue weighted by Gasteiger charge is 2.21. The summed E-state index contributed by atoms with van der Waals surface area (Å²) in [5.74, 6) is -1.07. The summed E-state index contributed by atoms with van der Waals surface area (Å²) in [6, 6.07) is 2.82. The standard InChI is InChI=1S/C16H21BrFNO3S/c1-4-7-22-16(21)13(5-2)23-14-9-12(19-15(20)6-3)11(18)8-10(14)17/h8-9,13H,4-7H2,1-3H3,(H,19,20). The summed E-state index contributed by atoms with van der Waals surface area (Å²) >= 11 is 4.59. The molecule has 1 atom stereocenters. The van der Waals surface area contributed by atoms with E-state index in [4.69, 9.17) is 4.74 Å². The van der Waals surface area contributed by atoms with Gasteiger partial charge in [-0.3, -0.25) is 9.59 Å². The lowest BCUT2D eigenvalue weighted by Gasteiger charge is -2.16. The molecule has 0 aliphatic carbocycles. The Morgan fingerprint density at radius 3 is 2.61 bits per heavy atom. The summed E-state index contributed by atoms with van der Waals surface area (Å²) in [5.41, 5.74) is 0.110. The van der Waals surface area contributed by atoms with E-state index < -0.39 is 5.82 Å². The smallest absolute Gasteiger partial charge is 0.319 e. The molecule has 1 rings (SSSR count). The maximum atomic E-state index is 13.9. The van der Waals surface area contributed by atoms with Crippen LogP contribution in [0.25, 0.3) is 0 Å². The van der Waals surface area contributed by atoms with Crippen molar-refractivity contribution < 1.29 is 18.7 Å². The highest BCUT2D eigenvalue weighted by molar-refractivity contribution is 9.10. The Morgan fingerprint density at radius 1 is 1.35 bits per heavy atom. The highest BCUT2D eigenvalue weighted by Crippen LogP contribution is 2.36. The van der Waals surface area contributed by atoms with Crippen molar-refractivity contribution in [3.63, 3.8) is 0 Å². The summed E-state index contributed by atoms with van der Waals surface area (Å²) in [6.07, 6.45) is 1.62. The molecule has 0 spiro atoms. The lowest BCUT2D eigenvalue weighted by Crippen LogP contribution is -2.20. The molecular formula is C16H21BrFNO3S. The molecule has 0 saturated carbocycles. The number of carbonyl (C=O) groups excluding carboxylic acids is 2. The maximum absolute atomic E-state index is 13.9. The van der Waals surface area contributed by atoms with Gasteiger partial charge in [-0.1, -0.05) is 20.8 Å². The van der Waals surface area contributed by atoms with Gasteiger partial charge in [-0.25, -0.2) is 4.39 Å². The zero-order chi connectivity index (χ0) is 17.4. The lowest BCUT2D eigenvalue weighted by molar-refractivity contribution is -0.143. The molecule has 128 valence electrons. The van der Waals surface area contributed by atoms with Crippen molar-refractivity contribution in [3.05, 3.63) is 22.4 Å². The maximum Gasteiger partial charge on any atom is 0.319 e. The first-order valence-corrected chi connectivity index (χ1v) is 9.22. The van der Waals surface area contributed by atoms with Gasteiger partial charge in [0.1, 0.15) is 11.1 Å². The van der Waals surface area contributed by atoms with E-state index in [0.29, 0.717) is 22.4 Å². The van der Waals surface area contributed by atoms with Crippen LogP contribution in [0.1, 0.15) is 40.0 Å². The van der Waals surface area contributed by atoms with E-state index >= 15 is 0 Å². The normalized spacial score (nSPS) is 11.9. The Kier molecular flexibility index (Phi) is 8.62. The van der Waals surface area contributed by atoms with Gasteiger partial charge in [-0.2, -0.15) is 0 Å². The third kappa shape index (κ3) is 6.14. The molecule has 0 radical (unpaired) electrons. The zero-order valence-corrected chi connectivity index (χ0v) is 15.9. The van der Waals surface area contributed by atoms with Gasteiger partial charge in [0.15, 0.2) is 0 Å². The number of carbonyl (C=O) groups is 2. The predicted molar refractivity (Wildman–Crippen MR) is 94.2 cm³/mol. The van der Waals surface area contributed by atoms with E-state index in [-0.39, 0.29) is 29.2 Å². The molecule has 4 nitrogen and oxygen atoms in total. The number of esters is 1. The third-order valence-corrected chi connectivity index (χ3v) is 5.29. The number of ether oxygens (including phenoxy) is 1. The van der Waals surface area contributed by atoms with Crippen LogP contribution < -0.4 is 5.32 Å². The molecule has 0 bridgehead atoms. The van der Waals surface area contributed by atoms with Crippen molar-refractivity contribution in [2.75, 3.05) is 11.9 Å². The van der Waals surface area contributed by atoms with E-state index in [9.17, 15) is 14.0 Å². The number of benzene rings is 1. The minimum atomic E-state index is -0.523. The van der Waals surface area contributed by atoms with Gasteiger partial charge < -0.3 is 10.1 Å². The molecule has 0 saturated heterocycles. The zero-order valence-electron chi connectivity index (χ0n) is 13.4. The van der Waals surface area contributed by atoms with E-state index in [1.165, 1.54) is 23.9 Å². The first kappa shape index (κ1) is 20.0. The number of thioether (sulfide) groups is 1. The van der Waals surface area contributed by atoms with Crippen molar-refractivity contribution in [2.45, 2.75) is 50.2 Å². The monoisotopic (exact) mass is 405 g/mol. The van der Waals surface area contributed by atoms with Crippen LogP contribution in [0.5, 0.6) is 0 Å². The van der Waals surface area contributed by atoms with Crippen LogP contribution in [-0.2, 0) is 14.3 Å². The van der Waals surface area contributed by atoms with E-state index in [1.54, 1.807) is 6.92 Å². The third-order valence-electron chi connectivity index (χ3n) is 2.97. The van der Waals surface area contributed by atoms with E-state index in [1.807, 2.05) is 13.8 Å². The highest BCUT2D eigenvalue weighted by atomic mass is 79.9. The van der Waals surface area contributed by atoms with Crippen LogP contribution >= 0.6 is 27.7 Å². The van der Waals surface area contributed by atoms with Gasteiger partial charge in [0.25, 0.3) is 0 Å². The Labute approximate surface area is 148 Å². The Morgan fingerprint density at radius 2 is 2.04 bits per heavy atom. The van der Waals surface area contributed by atoms with Crippen LogP contribution in [0.4, 0.5) is 10.1 Å². The van der Waals surface area contributed by atoms with Gasteiger partial charge in [0, 0.05) is 15.8 Å². The van der Waals surface area contributed by atoms with Crippen molar-refractivity contribution in [3.8, 4) is 0 Å².